The first-order chi connectivity index (χ1) is 20.2. The van der Waals surface area contributed by atoms with Crippen molar-refractivity contribution in [2.24, 2.45) is 17.0 Å². The van der Waals surface area contributed by atoms with Crippen LogP contribution < -0.4 is 21.4 Å². The van der Waals surface area contributed by atoms with Crippen LogP contribution in [0.15, 0.2) is 20.9 Å². The van der Waals surface area contributed by atoms with Gasteiger partial charge in [-0.25, -0.2) is 15.0 Å². The number of ether oxygens (including phenoxy) is 3. The second-order valence-electron chi connectivity index (χ2n) is 11.1. The van der Waals surface area contributed by atoms with Crippen LogP contribution >= 0.6 is 7.67 Å². The fourth-order valence-corrected chi connectivity index (χ4v) is 6.38. The van der Waals surface area contributed by atoms with Gasteiger partial charge < -0.3 is 18.7 Å². The van der Waals surface area contributed by atoms with Crippen molar-refractivity contribution in [3.63, 3.8) is 0 Å². The van der Waals surface area contributed by atoms with Gasteiger partial charge in [-0.2, -0.15) is 0 Å². The molecule has 5 atom stereocenters. The number of azide groups is 1. The number of aromatic amines is 1. The second-order valence-corrected chi connectivity index (χ2v) is 13.0. The largest absolute Gasteiger partial charge is 0.465 e. The normalized spacial score (nSPS) is 21.2. The van der Waals surface area contributed by atoms with E-state index in [1.165, 1.54) is 17.7 Å². The molecule has 2 rings (SSSR count). The number of aryl methyl sites for hydroxylation is 1. The van der Waals surface area contributed by atoms with Crippen molar-refractivity contribution in [1.29, 1.82) is 0 Å². The van der Waals surface area contributed by atoms with E-state index < -0.39 is 67.9 Å². The van der Waals surface area contributed by atoms with Crippen molar-refractivity contribution < 1.29 is 32.9 Å². The summed E-state index contributed by atoms with van der Waals surface area (Å²) in [6.45, 7) is 12.1. The lowest BCUT2D eigenvalue weighted by atomic mass is 10.1. The minimum Gasteiger partial charge on any atom is -0.465 e. The van der Waals surface area contributed by atoms with E-state index in [2.05, 4.69) is 25.2 Å². The molecule has 3 N–H and O–H groups in total. The van der Waals surface area contributed by atoms with E-state index >= 15 is 0 Å². The van der Waals surface area contributed by atoms with Crippen molar-refractivity contribution in [1.82, 2.24) is 19.7 Å². The standard InChI is InChI=1S/C26H44N7O9P/c1-8-39-24(35)19(10-15(3)4)30-43(38,31-20(11-16(5)6)25(36)40-9-2)41-14-21-18(29-32-27)12-22(42-21)33-13-17(7)23(34)28-26(33)37/h13,15-16,18-22H,8-12,14H2,1-7H3,(H,28,34,37)(H2,30,31,38). The van der Waals surface area contributed by atoms with Crippen molar-refractivity contribution in [3.8, 4) is 0 Å². The third kappa shape index (κ3) is 10.9. The van der Waals surface area contributed by atoms with Gasteiger partial charge in [0, 0.05) is 23.1 Å². The Hall–Kier alpha value is -3.00. The lowest BCUT2D eigenvalue weighted by Crippen LogP contribution is -2.46. The van der Waals surface area contributed by atoms with Crippen LogP contribution in [-0.2, 0) is 32.9 Å². The van der Waals surface area contributed by atoms with Gasteiger partial charge in [0.15, 0.2) is 0 Å². The molecular formula is C26H44N7O9P. The zero-order chi connectivity index (χ0) is 32.3. The number of hydrogen-bond donors (Lipinski definition) is 3. The van der Waals surface area contributed by atoms with Gasteiger partial charge in [-0.1, -0.05) is 32.8 Å². The molecular weight excluding hydrogens is 585 g/mol. The minimum absolute atomic E-state index is 0.000717. The maximum Gasteiger partial charge on any atom is 0.342 e. The quantitative estimate of drug-likeness (QED) is 0.0748. The molecule has 1 fully saturated rings. The Bertz CT molecular complexity index is 1270. The van der Waals surface area contributed by atoms with Crippen molar-refractivity contribution in [3.05, 3.63) is 43.0 Å². The predicted octanol–water partition coefficient (Wildman–Crippen LogP) is 3.07. The van der Waals surface area contributed by atoms with Crippen LogP contribution in [0, 0.1) is 18.8 Å². The van der Waals surface area contributed by atoms with Gasteiger partial charge in [-0.15, -0.1) is 0 Å². The SMILES string of the molecule is CCOC(=O)C(CC(C)C)NP(=O)(NC(CC(C)C)C(=O)OCC)OCC1OC(n2cc(C)c(=O)[nH]c2=O)CC1N=[N+]=[N-]. The molecule has 43 heavy (non-hydrogen) atoms. The topological polar surface area (TPSA) is 216 Å². The summed E-state index contributed by atoms with van der Waals surface area (Å²) in [5.41, 5.74) is 8.17. The highest BCUT2D eigenvalue weighted by molar-refractivity contribution is 7.54. The van der Waals surface area contributed by atoms with Crippen molar-refractivity contribution in [2.75, 3.05) is 19.8 Å². The minimum atomic E-state index is -4.25. The zero-order valence-electron chi connectivity index (χ0n) is 25.8. The number of esters is 2. The Kier molecular flexibility index (Phi) is 14.1. The summed E-state index contributed by atoms with van der Waals surface area (Å²) in [6.07, 6.45) is -0.00298. The molecule has 0 aromatic carbocycles. The maximum absolute atomic E-state index is 14.4. The van der Waals surface area contributed by atoms with Gasteiger partial charge in [0.05, 0.1) is 32.0 Å². The van der Waals surface area contributed by atoms with E-state index in [0.717, 1.165) is 0 Å². The Morgan fingerprint density at radius 1 is 1.12 bits per heavy atom. The highest BCUT2D eigenvalue weighted by Crippen LogP contribution is 2.42. The number of H-pyrrole nitrogens is 1. The Morgan fingerprint density at radius 2 is 1.65 bits per heavy atom. The fraction of sp³-hybridized carbons (Fsp3) is 0.769. The summed E-state index contributed by atoms with van der Waals surface area (Å²) in [7, 11) is -4.25. The molecule has 1 saturated heterocycles. The highest BCUT2D eigenvalue weighted by atomic mass is 31.2. The fourth-order valence-electron chi connectivity index (χ4n) is 4.56. The summed E-state index contributed by atoms with van der Waals surface area (Å²) in [6, 6.07) is -2.93. The van der Waals surface area contributed by atoms with Crippen LogP contribution in [0.1, 0.15) is 72.6 Å². The Labute approximate surface area is 250 Å². The summed E-state index contributed by atoms with van der Waals surface area (Å²) in [5.74, 6) is -1.29. The molecule has 0 saturated carbocycles. The lowest BCUT2D eigenvalue weighted by molar-refractivity contribution is -0.146. The summed E-state index contributed by atoms with van der Waals surface area (Å²) in [5, 5.41) is 9.31. The first kappa shape index (κ1) is 36.2. The molecule has 1 aliphatic heterocycles. The van der Waals surface area contributed by atoms with Gasteiger partial charge in [-0.05, 0) is 51.0 Å². The van der Waals surface area contributed by atoms with Gasteiger partial charge >= 0.3 is 25.3 Å². The van der Waals surface area contributed by atoms with E-state index in [0.29, 0.717) is 0 Å². The van der Waals surface area contributed by atoms with Crippen LogP contribution in [0.4, 0.5) is 0 Å². The Morgan fingerprint density at radius 3 is 2.12 bits per heavy atom. The van der Waals surface area contributed by atoms with E-state index in [4.69, 9.17) is 24.3 Å². The first-order valence-corrected chi connectivity index (χ1v) is 16.0. The van der Waals surface area contributed by atoms with E-state index in [-0.39, 0.29) is 49.9 Å². The van der Waals surface area contributed by atoms with Crippen molar-refractivity contribution >= 4 is 19.6 Å². The van der Waals surface area contributed by atoms with Crippen LogP contribution in [-0.4, -0.2) is 65.5 Å². The monoisotopic (exact) mass is 629 g/mol. The number of carbonyl (C=O) groups is 2. The van der Waals surface area contributed by atoms with Crippen molar-refractivity contribution in [2.45, 2.75) is 98.2 Å². The molecule has 17 heteroatoms. The molecule has 2 heterocycles. The number of hydrogen-bond acceptors (Lipinski definition) is 10. The molecule has 1 aromatic heterocycles. The number of carbonyl (C=O) groups excluding carboxylic acids is 2. The Balaban J connectivity index is 2.42. The molecule has 0 aliphatic carbocycles. The van der Waals surface area contributed by atoms with Gasteiger partial charge in [-0.3, -0.25) is 28.5 Å². The van der Waals surface area contributed by atoms with E-state index in [1.54, 1.807) is 13.8 Å². The second kappa shape index (κ2) is 16.7. The van der Waals surface area contributed by atoms with Crippen LogP contribution in [0.25, 0.3) is 10.4 Å². The molecule has 0 amide bonds. The third-order valence-electron chi connectivity index (χ3n) is 6.49. The van der Waals surface area contributed by atoms with Gasteiger partial charge in [0.1, 0.15) is 18.3 Å². The summed E-state index contributed by atoms with van der Waals surface area (Å²) >= 11 is 0. The average Bonchev–Trinajstić information content (AvgIpc) is 3.31. The molecule has 0 radical (unpaired) electrons. The highest BCUT2D eigenvalue weighted by Gasteiger charge is 2.41. The summed E-state index contributed by atoms with van der Waals surface area (Å²) in [4.78, 5) is 55.0. The number of aromatic nitrogens is 2. The van der Waals surface area contributed by atoms with E-state index in [1.807, 2.05) is 27.7 Å². The summed E-state index contributed by atoms with van der Waals surface area (Å²) < 4.78 is 37.8. The third-order valence-corrected chi connectivity index (χ3v) is 8.30. The lowest BCUT2D eigenvalue weighted by Gasteiger charge is -2.30. The van der Waals surface area contributed by atoms with Crippen LogP contribution in [0.3, 0.4) is 0 Å². The number of rotatable bonds is 17. The smallest absolute Gasteiger partial charge is 0.342 e. The molecule has 0 bridgehead atoms. The molecule has 242 valence electrons. The van der Waals surface area contributed by atoms with E-state index in [9.17, 15) is 23.7 Å². The molecule has 1 aromatic rings. The molecule has 5 unspecified atom stereocenters. The van der Waals surface area contributed by atoms with Gasteiger partial charge in [0.25, 0.3) is 5.56 Å². The van der Waals surface area contributed by atoms with Crippen LogP contribution in [0.5, 0.6) is 0 Å². The number of nitrogens with one attached hydrogen (secondary N) is 3. The number of nitrogens with zero attached hydrogens (tertiary/aromatic N) is 4. The molecule has 1 aliphatic rings. The van der Waals surface area contributed by atoms with Crippen LogP contribution in [0.2, 0.25) is 0 Å². The zero-order valence-corrected chi connectivity index (χ0v) is 26.7. The maximum atomic E-state index is 14.4. The molecule has 0 spiro atoms. The molecule has 16 nitrogen and oxygen atoms in total. The predicted molar refractivity (Wildman–Crippen MR) is 157 cm³/mol. The first-order valence-electron chi connectivity index (χ1n) is 14.4. The van der Waals surface area contributed by atoms with Gasteiger partial charge in [0.2, 0.25) is 0 Å². The average molecular weight is 630 g/mol.